The highest BCUT2D eigenvalue weighted by atomic mass is 19.4. The third kappa shape index (κ3) is 1.84. The smallest absolute Gasteiger partial charge is 0.306 e. The minimum Gasteiger partial charge on any atom is -0.306 e. The van der Waals surface area contributed by atoms with E-state index in [0.717, 1.165) is 6.07 Å². The normalized spacial score (nSPS) is 12.2. The molecule has 1 aromatic carbocycles. The molecule has 0 saturated carbocycles. The topological polar surface area (TPSA) is 45.8 Å². The molecule has 0 aliphatic heterocycles. The van der Waals surface area contributed by atoms with Crippen molar-refractivity contribution in [2.45, 2.75) is 13.1 Å². The number of aryl methyl sites for hydroxylation is 1. The fourth-order valence-electron chi connectivity index (χ4n) is 2.33. The molecular weight excluding hydrogens is 269 g/mol. The number of nitrogens with one attached hydrogen (secondary N) is 1. The molecule has 0 aliphatic rings. The molecule has 6 heteroatoms. The third-order valence-corrected chi connectivity index (χ3v) is 3.13. The summed E-state index contributed by atoms with van der Waals surface area (Å²) in [6, 6.07) is 7.19. The van der Waals surface area contributed by atoms with Crippen molar-refractivity contribution < 1.29 is 13.2 Å². The van der Waals surface area contributed by atoms with Crippen LogP contribution in [-0.2, 0) is 6.18 Å². The average Bonchev–Trinajstić information content (AvgIpc) is 2.36. The van der Waals surface area contributed by atoms with Crippen LogP contribution >= 0.6 is 0 Å². The first-order chi connectivity index (χ1) is 9.38. The van der Waals surface area contributed by atoms with Crippen molar-refractivity contribution in [1.29, 1.82) is 0 Å². The maximum atomic E-state index is 13.2. The standard InChI is InChI=1S/C14H9F3N2O/c1-7-6-10(14(15,16)17)11-8-4-2-3-5-9(8)13(20)19-12(11)18-7/h2-6H,1H3,(H,18,19,20). The number of aromatic amines is 1. The van der Waals surface area contributed by atoms with Gasteiger partial charge >= 0.3 is 6.18 Å². The van der Waals surface area contributed by atoms with Crippen LogP contribution < -0.4 is 5.56 Å². The van der Waals surface area contributed by atoms with E-state index in [-0.39, 0.29) is 27.5 Å². The van der Waals surface area contributed by atoms with Crippen LogP contribution in [0.2, 0.25) is 0 Å². The Morgan fingerprint density at radius 1 is 1.15 bits per heavy atom. The number of benzene rings is 1. The molecule has 0 spiro atoms. The summed E-state index contributed by atoms with van der Waals surface area (Å²) in [5, 5.41) is 0.403. The van der Waals surface area contributed by atoms with E-state index < -0.39 is 17.3 Å². The number of nitrogens with zero attached hydrogens (tertiary/aromatic N) is 1. The molecule has 1 N–H and O–H groups in total. The molecule has 0 bridgehead atoms. The molecule has 0 saturated heterocycles. The minimum absolute atomic E-state index is 0.0407. The van der Waals surface area contributed by atoms with E-state index in [1.807, 2.05) is 0 Å². The predicted octanol–water partition coefficient (Wildman–Crippen LogP) is 3.40. The maximum Gasteiger partial charge on any atom is 0.417 e. The van der Waals surface area contributed by atoms with Crippen molar-refractivity contribution in [3.05, 3.63) is 51.9 Å². The lowest BCUT2D eigenvalue weighted by Gasteiger charge is -2.12. The van der Waals surface area contributed by atoms with Crippen molar-refractivity contribution in [3.8, 4) is 0 Å². The van der Waals surface area contributed by atoms with Gasteiger partial charge in [-0.15, -0.1) is 0 Å². The van der Waals surface area contributed by atoms with Gasteiger partial charge in [0.05, 0.1) is 5.56 Å². The molecule has 2 heterocycles. The number of hydrogen-bond donors (Lipinski definition) is 1. The molecule has 102 valence electrons. The third-order valence-electron chi connectivity index (χ3n) is 3.13. The average molecular weight is 278 g/mol. The second-order valence-corrected chi connectivity index (χ2v) is 4.53. The number of aromatic nitrogens is 2. The number of rotatable bonds is 0. The molecule has 0 atom stereocenters. The van der Waals surface area contributed by atoms with Gasteiger partial charge in [0.1, 0.15) is 5.65 Å². The van der Waals surface area contributed by atoms with Gasteiger partial charge < -0.3 is 4.98 Å². The van der Waals surface area contributed by atoms with Crippen LogP contribution in [0.15, 0.2) is 35.1 Å². The van der Waals surface area contributed by atoms with Crippen molar-refractivity contribution >= 4 is 21.8 Å². The summed E-state index contributed by atoms with van der Waals surface area (Å²) in [7, 11) is 0. The maximum absolute atomic E-state index is 13.2. The van der Waals surface area contributed by atoms with Crippen molar-refractivity contribution in [1.82, 2.24) is 9.97 Å². The fourth-order valence-corrected chi connectivity index (χ4v) is 2.33. The summed E-state index contributed by atoms with van der Waals surface area (Å²) in [5.41, 5.74) is -1.07. The fraction of sp³-hybridized carbons (Fsp3) is 0.143. The van der Waals surface area contributed by atoms with Gasteiger partial charge in [-0.2, -0.15) is 13.2 Å². The van der Waals surface area contributed by atoms with E-state index in [1.54, 1.807) is 12.1 Å². The van der Waals surface area contributed by atoms with E-state index in [4.69, 9.17) is 0 Å². The molecule has 0 fully saturated rings. The number of fused-ring (bicyclic) bond motifs is 3. The molecule has 0 aliphatic carbocycles. The monoisotopic (exact) mass is 278 g/mol. The Morgan fingerprint density at radius 2 is 1.80 bits per heavy atom. The molecule has 2 aromatic heterocycles. The van der Waals surface area contributed by atoms with Gasteiger partial charge in [0.25, 0.3) is 5.56 Å². The number of alkyl halides is 3. The highest BCUT2D eigenvalue weighted by Crippen LogP contribution is 2.36. The van der Waals surface area contributed by atoms with Crippen LogP contribution in [0.3, 0.4) is 0 Å². The molecular formula is C14H9F3N2O. The SMILES string of the molecule is Cc1cc(C(F)(F)F)c2c(n1)[nH]c(=O)c1ccccc12. The minimum atomic E-state index is -4.51. The van der Waals surface area contributed by atoms with Gasteiger partial charge in [-0.1, -0.05) is 18.2 Å². The van der Waals surface area contributed by atoms with Crippen molar-refractivity contribution in [2.24, 2.45) is 0 Å². The van der Waals surface area contributed by atoms with E-state index >= 15 is 0 Å². The molecule has 0 radical (unpaired) electrons. The van der Waals surface area contributed by atoms with Crippen molar-refractivity contribution in [3.63, 3.8) is 0 Å². The molecule has 20 heavy (non-hydrogen) atoms. The van der Waals surface area contributed by atoms with E-state index in [2.05, 4.69) is 9.97 Å². The van der Waals surface area contributed by atoms with E-state index in [1.165, 1.54) is 19.1 Å². The Hall–Kier alpha value is -2.37. The molecule has 3 aromatic rings. The van der Waals surface area contributed by atoms with E-state index in [0.29, 0.717) is 0 Å². The van der Waals surface area contributed by atoms with Gasteiger partial charge in [0.2, 0.25) is 0 Å². The first kappa shape index (κ1) is 12.7. The van der Waals surface area contributed by atoms with Gasteiger partial charge in [-0.3, -0.25) is 4.79 Å². The second kappa shape index (κ2) is 4.06. The Labute approximate surface area is 111 Å². The summed E-state index contributed by atoms with van der Waals surface area (Å²) in [6.07, 6.45) is -4.51. The zero-order chi connectivity index (χ0) is 14.5. The Balaban J connectivity index is 2.64. The lowest BCUT2D eigenvalue weighted by atomic mass is 10.0. The molecule has 0 unspecified atom stereocenters. The van der Waals surface area contributed by atoms with Gasteiger partial charge in [0, 0.05) is 16.5 Å². The summed E-state index contributed by atoms with van der Waals surface area (Å²) < 4.78 is 39.6. The van der Waals surface area contributed by atoms with Crippen LogP contribution in [0.25, 0.3) is 21.8 Å². The summed E-state index contributed by atoms with van der Waals surface area (Å²) >= 11 is 0. The molecule has 3 nitrogen and oxygen atoms in total. The first-order valence-electron chi connectivity index (χ1n) is 5.87. The van der Waals surface area contributed by atoms with Gasteiger partial charge in [-0.05, 0) is 24.4 Å². The number of H-pyrrole nitrogens is 1. The zero-order valence-electron chi connectivity index (χ0n) is 10.4. The van der Waals surface area contributed by atoms with Crippen molar-refractivity contribution in [2.75, 3.05) is 0 Å². The van der Waals surface area contributed by atoms with Crippen LogP contribution in [0.4, 0.5) is 13.2 Å². The highest BCUT2D eigenvalue weighted by molar-refractivity contribution is 6.06. The summed E-state index contributed by atoms with van der Waals surface area (Å²) in [6.45, 7) is 1.46. The predicted molar refractivity (Wildman–Crippen MR) is 69.6 cm³/mol. The lowest BCUT2D eigenvalue weighted by molar-refractivity contribution is -0.136. The van der Waals surface area contributed by atoms with Crippen LogP contribution in [-0.4, -0.2) is 9.97 Å². The largest absolute Gasteiger partial charge is 0.417 e. The van der Waals surface area contributed by atoms with Crippen LogP contribution in [0.1, 0.15) is 11.3 Å². The molecule has 0 amide bonds. The van der Waals surface area contributed by atoms with Crippen LogP contribution in [0, 0.1) is 6.92 Å². The number of pyridine rings is 2. The zero-order valence-corrected chi connectivity index (χ0v) is 10.4. The number of halogens is 3. The molecule has 3 rings (SSSR count). The Bertz CT molecular complexity index is 881. The Morgan fingerprint density at radius 3 is 2.45 bits per heavy atom. The second-order valence-electron chi connectivity index (χ2n) is 4.53. The quantitative estimate of drug-likeness (QED) is 0.640. The van der Waals surface area contributed by atoms with Gasteiger partial charge in [0.15, 0.2) is 0 Å². The Kier molecular flexibility index (Phi) is 2.57. The lowest BCUT2D eigenvalue weighted by Crippen LogP contribution is -2.12. The first-order valence-corrected chi connectivity index (χ1v) is 5.87. The highest BCUT2D eigenvalue weighted by Gasteiger charge is 2.34. The number of hydrogen-bond acceptors (Lipinski definition) is 2. The van der Waals surface area contributed by atoms with Crippen LogP contribution in [0.5, 0.6) is 0 Å². The summed E-state index contributed by atoms with van der Waals surface area (Å²) in [4.78, 5) is 18.3. The summed E-state index contributed by atoms with van der Waals surface area (Å²) in [5.74, 6) is 0. The van der Waals surface area contributed by atoms with Gasteiger partial charge in [-0.25, -0.2) is 4.98 Å². The van der Waals surface area contributed by atoms with E-state index in [9.17, 15) is 18.0 Å².